The summed E-state index contributed by atoms with van der Waals surface area (Å²) in [6, 6.07) is 20.2. The van der Waals surface area contributed by atoms with Crippen molar-refractivity contribution in [2.75, 3.05) is 0 Å². The van der Waals surface area contributed by atoms with Crippen LogP contribution < -0.4 is 0 Å². The highest BCUT2D eigenvalue weighted by Crippen LogP contribution is 2.29. The average molecular weight is 354 g/mol. The number of imidazole rings is 1. The first-order valence-electron chi connectivity index (χ1n) is 8.76. The molecular weight excluding hydrogens is 336 g/mol. The van der Waals surface area contributed by atoms with Gasteiger partial charge in [0.2, 0.25) is 0 Å². The zero-order chi connectivity index (χ0) is 18.5. The fourth-order valence-corrected chi connectivity index (χ4v) is 3.26. The fraction of sp³-hybridized carbons (Fsp3) is 0.143. The van der Waals surface area contributed by atoms with Crippen LogP contribution in [0.4, 0.5) is 0 Å². The van der Waals surface area contributed by atoms with E-state index in [2.05, 4.69) is 37.8 Å². The molecule has 1 atom stereocenters. The number of hydrogen-bond donors (Lipinski definition) is 0. The molecule has 132 valence electrons. The van der Waals surface area contributed by atoms with E-state index in [1.54, 1.807) is 24.9 Å². The number of nitrogens with zero attached hydrogens (tertiary/aromatic N) is 6. The maximum atomic E-state index is 9.21. The summed E-state index contributed by atoms with van der Waals surface area (Å²) in [4.78, 5) is 8.59. The summed E-state index contributed by atoms with van der Waals surface area (Å²) in [6.45, 7) is 0.745. The molecule has 0 bridgehead atoms. The van der Waals surface area contributed by atoms with Crippen molar-refractivity contribution in [1.82, 2.24) is 24.3 Å². The Morgan fingerprint density at radius 3 is 2.74 bits per heavy atom. The Kier molecular flexibility index (Phi) is 4.75. The van der Waals surface area contributed by atoms with E-state index in [0.29, 0.717) is 5.56 Å². The maximum absolute atomic E-state index is 9.21. The van der Waals surface area contributed by atoms with Gasteiger partial charge in [-0.15, -0.1) is 0 Å². The Hall–Kier alpha value is -3.72. The Labute approximate surface area is 157 Å². The van der Waals surface area contributed by atoms with Crippen molar-refractivity contribution in [3.8, 4) is 17.5 Å². The predicted molar refractivity (Wildman–Crippen MR) is 102 cm³/mol. The van der Waals surface area contributed by atoms with E-state index in [9.17, 15) is 5.26 Å². The van der Waals surface area contributed by atoms with Crippen molar-refractivity contribution in [1.29, 1.82) is 5.26 Å². The highest BCUT2D eigenvalue weighted by atomic mass is 15.3. The van der Waals surface area contributed by atoms with Crippen LogP contribution in [0.5, 0.6) is 0 Å². The molecule has 6 nitrogen and oxygen atoms in total. The highest BCUT2D eigenvalue weighted by molar-refractivity contribution is 5.58. The summed E-state index contributed by atoms with van der Waals surface area (Å²) in [5.41, 5.74) is 2.76. The van der Waals surface area contributed by atoms with E-state index in [0.717, 1.165) is 24.4 Å². The maximum Gasteiger partial charge on any atom is 0.140 e. The Morgan fingerprint density at radius 1 is 1.07 bits per heavy atom. The summed E-state index contributed by atoms with van der Waals surface area (Å²) in [5.74, 6) is 0.847. The molecule has 0 saturated carbocycles. The van der Waals surface area contributed by atoms with Crippen molar-refractivity contribution in [2.45, 2.75) is 19.0 Å². The SMILES string of the molecule is N#Cc1cccc(-c2nccn2[C@H](CCn2cncn2)c2ccccc2)c1. The zero-order valence-electron chi connectivity index (χ0n) is 14.7. The van der Waals surface area contributed by atoms with Crippen molar-refractivity contribution in [3.63, 3.8) is 0 Å². The minimum Gasteiger partial charge on any atom is -0.323 e. The third kappa shape index (κ3) is 3.62. The van der Waals surface area contributed by atoms with Crippen molar-refractivity contribution in [3.05, 3.63) is 90.8 Å². The van der Waals surface area contributed by atoms with E-state index < -0.39 is 0 Å². The molecule has 0 amide bonds. The second kappa shape index (κ2) is 7.67. The molecule has 0 aliphatic carbocycles. The largest absolute Gasteiger partial charge is 0.323 e. The van der Waals surface area contributed by atoms with E-state index in [1.165, 1.54) is 5.56 Å². The van der Waals surface area contributed by atoms with E-state index in [-0.39, 0.29) is 6.04 Å². The van der Waals surface area contributed by atoms with Gasteiger partial charge in [0.1, 0.15) is 18.5 Å². The lowest BCUT2D eigenvalue weighted by Crippen LogP contribution is -2.14. The lowest BCUT2D eigenvalue weighted by atomic mass is 10.0. The lowest BCUT2D eigenvalue weighted by Gasteiger charge is -2.21. The Bertz CT molecular complexity index is 1040. The molecule has 0 aliphatic heterocycles. The summed E-state index contributed by atoms with van der Waals surface area (Å²) >= 11 is 0. The number of aryl methyl sites for hydroxylation is 1. The van der Waals surface area contributed by atoms with Crippen LogP contribution in [-0.4, -0.2) is 24.3 Å². The van der Waals surface area contributed by atoms with Gasteiger partial charge < -0.3 is 4.57 Å². The molecule has 0 fully saturated rings. The predicted octanol–water partition coefficient (Wildman–Crippen LogP) is 3.69. The van der Waals surface area contributed by atoms with Crippen LogP contribution in [0.15, 0.2) is 79.6 Å². The number of benzene rings is 2. The first kappa shape index (κ1) is 16.7. The van der Waals surface area contributed by atoms with Crippen molar-refractivity contribution >= 4 is 0 Å². The third-order valence-electron chi connectivity index (χ3n) is 4.54. The van der Waals surface area contributed by atoms with Gasteiger partial charge in [0.15, 0.2) is 0 Å². The van der Waals surface area contributed by atoms with Gasteiger partial charge in [-0.2, -0.15) is 10.4 Å². The molecule has 0 N–H and O–H groups in total. The van der Waals surface area contributed by atoms with Crippen molar-refractivity contribution < 1.29 is 0 Å². The molecule has 2 heterocycles. The van der Waals surface area contributed by atoms with E-state index in [4.69, 9.17) is 0 Å². The lowest BCUT2D eigenvalue weighted by molar-refractivity contribution is 0.471. The summed E-state index contributed by atoms with van der Waals surface area (Å²) in [7, 11) is 0. The van der Waals surface area contributed by atoms with Gasteiger partial charge in [0.05, 0.1) is 17.7 Å². The first-order chi connectivity index (χ1) is 13.3. The normalized spacial score (nSPS) is 11.8. The molecule has 4 aromatic rings. The van der Waals surface area contributed by atoms with E-state index in [1.807, 2.05) is 47.3 Å². The Morgan fingerprint density at radius 2 is 1.96 bits per heavy atom. The van der Waals surface area contributed by atoms with Crippen LogP contribution in [0, 0.1) is 11.3 Å². The molecule has 0 aliphatic rings. The van der Waals surface area contributed by atoms with Gasteiger partial charge in [-0.05, 0) is 24.1 Å². The quantitative estimate of drug-likeness (QED) is 0.529. The Balaban J connectivity index is 1.72. The minimum atomic E-state index is 0.0960. The average Bonchev–Trinajstić information content (AvgIpc) is 3.41. The molecule has 0 radical (unpaired) electrons. The molecule has 0 spiro atoms. The number of hydrogen-bond acceptors (Lipinski definition) is 4. The van der Waals surface area contributed by atoms with Crippen LogP contribution >= 0.6 is 0 Å². The van der Waals surface area contributed by atoms with Crippen LogP contribution in [0.1, 0.15) is 23.6 Å². The van der Waals surface area contributed by atoms with Gasteiger partial charge >= 0.3 is 0 Å². The molecule has 27 heavy (non-hydrogen) atoms. The monoisotopic (exact) mass is 354 g/mol. The summed E-state index contributed by atoms with van der Waals surface area (Å²) < 4.78 is 4.01. The molecule has 2 aromatic carbocycles. The summed E-state index contributed by atoms with van der Waals surface area (Å²) in [6.07, 6.45) is 7.92. The molecule has 4 rings (SSSR count). The molecule has 0 unspecified atom stereocenters. The fourth-order valence-electron chi connectivity index (χ4n) is 3.26. The van der Waals surface area contributed by atoms with Crippen molar-refractivity contribution in [2.24, 2.45) is 0 Å². The van der Waals surface area contributed by atoms with Gasteiger partial charge in [-0.25, -0.2) is 9.97 Å². The second-order valence-electron chi connectivity index (χ2n) is 6.22. The van der Waals surface area contributed by atoms with Gasteiger partial charge in [-0.1, -0.05) is 42.5 Å². The van der Waals surface area contributed by atoms with Crippen LogP contribution in [-0.2, 0) is 6.54 Å². The van der Waals surface area contributed by atoms with Crippen LogP contribution in [0.25, 0.3) is 11.4 Å². The molecule has 0 saturated heterocycles. The van der Waals surface area contributed by atoms with Crippen LogP contribution in [0.3, 0.4) is 0 Å². The topological polar surface area (TPSA) is 72.3 Å². The standard InChI is InChI=1S/C21H18N6/c22-14-17-5-4-8-19(13-17)21-24-10-12-27(21)20(18-6-2-1-3-7-18)9-11-26-16-23-15-25-26/h1-8,10,12-13,15-16,20H,9,11H2/t20-/m1/s1. The zero-order valence-corrected chi connectivity index (χ0v) is 14.7. The first-order valence-corrected chi connectivity index (χ1v) is 8.76. The van der Waals surface area contributed by atoms with E-state index >= 15 is 0 Å². The number of aromatic nitrogens is 5. The molecular formula is C21H18N6. The number of rotatable bonds is 6. The second-order valence-corrected chi connectivity index (χ2v) is 6.22. The smallest absolute Gasteiger partial charge is 0.140 e. The van der Waals surface area contributed by atoms with Gasteiger partial charge in [-0.3, -0.25) is 4.68 Å². The van der Waals surface area contributed by atoms with Crippen LogP contribution in [0.2, 0.25) is 0 Å². The highest BCUT2D eigenvalue weighted by Gasteiger charge is 2.18. The molecule has 2 aromatic heterocycles. The third-order valence-corrected chi connectivity index (χ3v) is 4.54. The molecule has 6 heteroatoms. The summed E-state index contributed by atoms with van der Waals surface area (Å²) in [5, 5.41) is 13.4. The van der Waals surface area contributed by atoms with Gasteiger partial charge in [0.25, 0.3) is 0 Å². The van der Waals surface area contributed by atoms with Gasteiger partial charge in [0, 0.05) is 24.5 Å². The number of nitriles is 1. The minimum absolute atomic E-state index is 0.0960.